The molecule has 0 N–H and O–H groups in total. The molecule has 0 aliphatic rings. The molecule has 0 aliphatic heterocycles. The van der Waals surface area contributed by atoms with Gasteiger partial charge in [-0.1, -0.05) is 48.5 Å². The summed E-state index contributed by atoms with van der Waals surface area (Å²) in [6.45, 7) is 2.08. The van der Waals surface area contributed by atoms with Gasteiger partial charge in [-0.15, -0.1) is 0 Å². The summed E-state index contributed by atoms with van der Waals surface area (Å²) in [5.41, 5.74) is 1.10. The Kier molecular flexibility index (Phi) is 2.10. The maximum absolute atomic E-state index is 4.44. The first-order valence-electron chi connectivity index (χ1n) is 6.50. The van der Waals surface area contributed by atoms with Crippen LogP contribution in [-0.4, -0.2) is 4.98 Å². The van der Waals surface area contributed by atoms with Crippen molar-refractivity contribution in [3.05, 3.63) is 66.5 Å². The van der Waals surface area contributed by atoms with Crippen LogP contribution in [0.1, 0.15) is 5.69 Å². The Balaban J connectivity index is 2.32. The van der Waals surface area contributed by atoms with Crippen LogP contribution in [0.5, 0.6) is 0 Å². The van der Waals surface area contributed by atoms with Gasteiger partial charge < -0.3 is 0 Å². The van der Waals surface area contributed by atoms with Gasteiger partial charge in [-0.3, -0.25) is 4.98 Å². The first kappa shape index (κ1) is 10.5. The molecular weight excluding hydrogens is 230 g/mol. The van der Waals surface area contributed by atoms with Crippen LogP contribution in [-0.2, 0) is 0 Å². The zero-order valence-corrected chi connectivity index (χ0v) is 10.7. The molecular formula is C18H13N. The summed E-state index contributed by atoms with van der Waals surface area (Å²) in [4.78, 5) is 4.44. The van der Waals surface area contributed by atoms with Gasteiger partial charge >= 0.3 is 0 Å². The zero-order chi connectivity index (χ0) is 12.8. The van der Waals surface area contributed by atoms with E-state index in [1.54, 1.807) is 0 Å². The van der Waals surface area contributed by atoms with Crippen molar-refractivity contribution < 1.29 is 0 Å². The second-order valence-corrected chi connectivity index (χ2v) is 4.94. The van der Waals surface area contributed by atoms with Gasteiger partial charge in [0.15, 0.2) is 0 Å². The second kappa shape index (κ2) is 3.79. The minimum absolute atomic E-state index is 1.10. The molecule has 0 radical (unpaired) electrons. The zero-order valence-electron chi connectivity index (χ0n) is 10.7. The molecule has 3 aromatic carbocycles. The number of benzene rings is 3. The van der Waals surface area contributed by atoms with Gasteiger partial charge in [0.05, 0.1) is 0 Å². The van der Waals surface area contributed by atoms with E-state index in [-0.39, 0.29) is 0 Å². The Labute approximate surface area is 111 Å². The average Bonchev–Trinajstić information content (AvgIpc) is 2.46. The van der Waals surface area contributed by atoms with Crippen LogP contribution in [0.4, 0.5) is 0 Å². The number of rotatable bonds is 0. The third-order valence-electron chi connectivity index (χ3n) is 3.84. The number of aryl methyl sites for hydroxylation is 1. The molecule has 0 unspecified atom stereocenters. The first-order valence-corrected chi connectivity index (χ1v) is 6.50. The monoisotopic (exact) mass is 243 g/mol. The molecule has 4 aromatic rings. The van der Waals surface area contributed by atoms with Crippen molar-refractivity contribution in [2.75, 3.05) is 0 Å². The summed E-state index contributed by atoms with van der Waals surface area (Å²) in [7, 11) is 0. The molecule has 1 nitrogen and oxygen atoms in total. The van der Waals surface area contributed by atoms with Crippen LogP contribution in [0.2, 0.25) is 0 Å². The fourth-order valence-electron chi connectivity index (χ4n) is 2.94. The summed E-state index contributed by atoms with van der Waals surface area (Å²) in [5.74, 6) is 0. The lowest BCUT2D eigenvalue weighted by Gasteiger charge is -2.08. The van der Waals surface area contributed by atoms with Crippen molar-refractivity contribution in [3.8, 4) is 0 Å². The Bertz CT molecular complexity index is 922. The van der Waals surface area contributed by atoms with E-state index in [9.17, 15) is 0 Å². The lowest BCUT2D eigenvalue weighted by atomic mass is 9.97. The van der Waals surface area contributed by atoms with Gasteiger partial charge in [0, 0.05) is 17.3 Å². The maximum atomic E-state index is 4.44. The van der Waals surface area contributed by atoms with E-state index in [1.807, 2.05) is 6.20 Å². The van der Waals surface area contributed by atoms with Gasteiger partial charge in [-0.2, -0.15) is 0 Å². The van der Waals surface area contributed by atoms with Crippen LogP contribution in [0.25, 0.3) is 32.3 Å². The molecule has 0 fully saturated rings. The number of hydrogen-bond donors (Lipinski definition) is 0. The Morgan fingerprint density at radius 3 is 2.42 bits per heavy atom. The molecule has 0 amide bonds. The van der Waals surface area contributed by atoms with Gasteiger partial charge in [0.1, 0.15) is 0 Å². The normalized spacial score (nSPS) is 11.4. The minimum Gasteiger partial charge on any atom is -0.261 e. The second-order valence-electron chi connectivity index (χ2n) is 4.94. The molecule has 0 saturated heterocycles. The molecule has 4 rings (SSSR count). The van der Waals surface area contributed by atoms with Gasteiger partial charge in [-0.05, 0) is 39.9 Å². The van der Waals surface area contributed by atoms with E-state index in [2.05, 4.69) is 66.5 Å². The van der Waals surface area contributed by atoms with E-state index in [1.165, 1.54) is 32.3 Å². The quantitative estimate of drug-likeness (QED) is 0.402. The van der Waals surface area contributed by atoms with E-state index < -0.39 is 0 Å². The number of aromatic nitrogens is 1. The van der Waals surface area contributed by atoms with Crippen LogP contribution in [0.3, 0.4) is 0 Å². The highest BCUT2D eigenvalue weighted by Crippen LogP contribution is 2.31. The highest BCUT2D eigenvalue weighted by atomic mass is 14.7. The van der Waals surface area contributed by atoms with Crippen molar-refractivity contribution in [2.45, 2.75) is 6.92 Å². The third-order valence-corrected chi connectivity index (χ3v) is 3.84. The van der Waals surface area contributed by atoms with Crippen LogP contribution < -0.4 is 0 Å². The predicted molar refractivity (Wildman–Crippen MR) is 81.5 cm³/mol. The topological polar surface area (TPSA) is 12.9 Å². The lowest BCUT2D eigenvalue weighted by Crippen LogP contribution is -1.86. The van der Waals surface area contributed by atoms with E-state index in [0.29, 0.717) is 0 Å². The van der Waals surface area contributed by atoms with Crippen molar-refractivity contribution >= 4 is 32.3 Å². The Hall–Kier alpha value is -2.41. The van der Waals surface area contributed by atoms with Crippen LogP contribution in [0.15, 0.2) is 60.8 Å². The highest BCUT2D eigenvalue weighted by Gasteiger charge is 2.06. The number of nitrogens with zero attached hydrogens (tertiary/aromatic N) is 1. The Morgan fingerprint density at radius 1 is 0.684 bits per heavy atom. The lowest BCUT2D eigenvalue weighted by molar-refractivity contribution is 1.24. The van der Waals surface area contributed by atoms with Crippen molar-refractivity contribution in [1.82, 2.24) is 4.98 Å². The summed E-state index contributed by atoms with van der Waals surface area (Å²) in [6, 6.07) is 19.4. The maximum Gasteiger partial charge on any atom is 0.0457 e. The first-order chi connectivity index (χ1) is 9.34. The van der Waals surface area contributed by atoms with Crippen LogP contribution >= 0.6 is 0 Å². The minimum atomic E-state index is 1.10. The third kappa shape index (κ3) is 1.45. The Morgan fingerprint density at radius 2 is 1.47 bits per heavy atom. The summed E-state index contributed by atoms with van der Waals surface area (Å²) in [6.07, 6.45) is 1.88. The average molecular weight is 243 g/mol. The SMILES string of the molecule is Cc1nccc2ccc3c4ccccc4ccc3c12. The molecule has 0 bridgehead atoms. The van der Waals surface area contributed by atoms with E-state index >= 15 is 0 Å². The van der Waals surface area contributed by atoms with Gasteiger partial charge in [0.2, 0.25) is 0 Å². The van der Waals surface area contributed by atoms with Crippen LogP contribution in [0, 0.1) is 6.92 Å². The fraction of sp³-hybridized carbons (Fsp3) is 0.0556. The molecule has 0 spiro atoms. The number of pyridine rings is 1. The molecule has 0 atom stereocenters. The van der Waals surface area contributed by atoms with Gasteiger partial charge in [-0.25, -0.2) is 0 Å². The van der Waals surface area contributed by atoms with Crippen molar-refractivity contribution in [2.24, 2.45) is 0 Å². The summed E-state index contributed by atoms with van der Waals surface area (Å²) < 4.78 is 0. The smallest absolute Gasteiger partial charge is 0.0457 e. The van der Waals surface area contributed by atoms with Gasteiger partial charge in [0.25, 0.3) is 0 Å². The van der Waals surface area contributed by atoms with E-state index in [0.717, 1.165) is 5.69 Å². The number of fused-ring (bicyclic) bond motifs is 5. The van der Waals surface area contributed by atoms with E-state index in [4.69, 9.17) is 0 Å². The molecule has 90 valence electrons. The molecule has 0 saturated carbocycles. The fourth-order valence-corrected chi connectivity index (χ4v) is 2.94. The van der Waals surface area contributed by atoms with Crippen molar-refractivity contribution in [3.63, 3.8) is 0 Å². The molecule has 1 heterocycles. The van der Waals surface area contributed by atoms with Crippen molar-refractivity contribution in [1.29, 1.82) is 0 Å². The summed E-state index contributed by atoms with van der Waals surface area (Å²) >= 11 is 0. The molecule has 0 aliphatic carbocycles. The molecule has 1 heteroatoms. The summed E-state index contributed by atoms with van der Waals surface area (Å²) in [5, 5.41) is 7.73. The number of hydrogen-bond acceptors (Lipinski definition) is 1. The largest absolute Gasteiger partial charge is 0.261 e. The standard InChI is InChI=1S/C18H13N/c1-12-18-14(10-11-19-12)7-8-16-15-5-3-2-4-13(15)6-9-17(16)18/h2-11H,1H3. The predicted octanol–water partition coefficient (Wildman–Crippen LogP) is 4.85. The molecule has 19 heavy (non-hydrogen) atoms. The molecule has 1 aromatic heterocycles. The highest BCUT2D eigenvalue weighted by molar-refractivity contribution is 6.17.